The Balaban J connectivity index is 2.17. The molecule has 1 aromatic heterocycles. The Labute approximate surface area is 124 Å². The number of nitrogens with one attached hydrogen (secondary N) is 1. The number of likely N-dealkylation sites (N-methyl/N-ethyl adjacent to an activating group) is 1. The number of urea groups is 1. The largest absolute Gasteiger partial charge is 0.395 e. The van der Waals surface area contributed by atoms with Crippen LogP contribution in [-0.4, -0.2) is 45.5 Å². The van der Waals surface area contributed by atoms with Crippen molar-refractivity contribution in [1.29, 1.82) is 0 Å². The van der Waals surface area contributed by atoms with Gasteiger partial charge in [-0.1, -0.05) is 0 Å². The summed E-state index contributed by atoms with van der Waals surface area (Å²) in [7, 11) is 0. The zero-order valence-corrected chi connectivity index (χ0v) is 12.7. The van der Waals surface area contributed by atoms with Crippen LogP contribution in [-0.2, 0) is 0 Å². The summed E-state index contributed by atoms with van der Waals surface area (Å²) in [5, 5.41) is 17.3. The molecule has 0 radical (unpaired) electrons. The first-order valence-electron chi connectivity index (χ1n) is 7.20. The molecular weight excluding hydrogens is 268 g/mol. The summed E-state index contributed by atoms with van der Waals surface area (Å²) in [5.74, 6) is 0. The normalized spacial score (nSPS) is 11.1. The van der Waals surface area contributed by atoms with E-state index in [0.29, 0.717) is 19.1 Å². The molecule has 114 valence electrons. The van der Waals surface area contributed by atoms with Gasteiger partial charge in [-0.2, -0.15) is 5.10 Å². The molecule has 0 aliphatic carbocycles. The standard InChI is InChI=1S/C15H22N4O2/c1-4-18(7-8-20)15(21)16-13-5-6-14-12(9-13)10-19(17-14)11(2)3/h5-6,9-11,20H,4,7-8H2,1-3H3,(H,16,21). The van der Waals surface area contributed by atoms with Crippen molar-refractivity contribution in [1.82, 2.24) is 14.7 Å². The van der Waals surface area contributed by atoms with E-state index in [1.807, 2.05) is 36.0 Å². The summed E-state index contributed by atoms with van der Waals surface area (Å²) in [5.41, 5.74) is 1.64. The van der Waals surface area contributed by atoms with Crippen LogP contribution >= 0.6 is 0 Å². The SMILES string of the molecule is CCN(CCO)C(=O)Nc1ccc2nn(C(C)C)cc2c1. The highest BCUT2D eigenvalue weighted by Gasteiger charge is 2.11. The third-order valence-electron chi connectivity index (χ3n) is 3.34. The quantitative estimate of drug-likeness (QED) is 0.888. The van der Waals surface area contributed by atoms with Gasteiger partial charge in [0.05, 0.1) is 12.1 Å². The summed E-state index contributed by atoms with van der Waals surface area (Å²) < 4.78 is 1.90. The second-order valence-corrected chi connectivity index (χ2v) is 5.21. The monoisotopic (exact) mass is 290 g/mol. The van der Waals surface area contributed by atoms with Gasteiger partial charge in [0, 0.05) is 36.4 Å². The van der Waals surface area contributed by atoms with Gasteiger partial charge in [-0.05, 0) is 39.0 Å². The molecule has 0 fully saturated rings. The number of anilines is 1. The van der Waals surface area contributed by atoms with Crippen LogP contribution in [0.4, 0.5) is 10.5 Å². The average molecular weight is 290 g/mol. The first-order valence-corrected chi connectivity index (χ1v) is 7.20. The van der Waals surface area contributed by atoms with E-state index >= 15 is 0 Å². The van der Waals surface area contributed by atoms with Crippen molar-refractivity contribution in [3.8, 4) is 0 Å². The van der Waals surface area contributed by atoms with E-state index in [4.69, 9.17) is 5.11 Å². The Hall–Kier alpha value is -2.08. The van der Waals surface area contributed by atoms with Crippen LogP contribution in [0.5, 0.6) is 0 Å². The lowest BCUT2D eigenvalue weighted by Gasteiger charge is -2.20. The average Bonchev–Trinajstić information content (AvgIpc) is 2.88. The van der Waals surface area contributed by atoms with E-state index in [9.17, 15) is 4.79 Å². The number of benzene rings is 1. The molecule has 2 N–H and O–H groups in total. The molecule has 1 heterocycles. The van der Waals surface area contributed by atoms with Crippen molar-refractivity contribution in [2.24, 2.45) is 0 Å². The Kier molecular flexibility index (Phi) is 4.80. The Morgan fingerprint density at radius 3 is 2.86 bits per heavy atom. The van der Waals surface area contributed by atoms with E-state index in [1.165, 1.54) is 0 Å². The number of carbonyl (C=O) groups excluding carboxylic acids is 1. The highest BCUT2D eigenvalue weighted by molar-refractivity contribution is 5.92. The van der Waals surface area contributed by atoms with Crippen LogP contribution in [0.15, 0.2) is 24.4 Å². The van der Waals surface area contributed by atoms with Crippen LogP contribution in [0.2, 0.25) is 0 Å². The number of carbonyl (C=O) groups is 1. The van der Waals surface area contributed by atoms with E-state index in [2.05, 4.69) is 24.3 Å². The maximum Gasteiger partial charge on any atom is 0.321 e. The third kappa shape index (κ3) is 3.52. The highest BCUT2D eigenvalue weighted by Crippen LogP contribution is 2.20. The molecule has 0 bridgehead atoms. The van der Waals surface area contributed by atoms with Gasteiger partial charge in [-0.15, -0.1) is 0 Å². The zero-order valence-electron chi connectivity index (χ0n) is 12.7. The predicted molar refractivity (Wildman–Crippen MR) is 83.5 cm³/mol. The van der Waals surface area contributed by atoms with E-state index in [0.717, 1.165) is 16.6 Å². The van der Waals surface area contributed by atoms with Crippen molar-refractivity contribution >= 4 is 22.6 Å². The van der Waals surface area contributed by atoms with Crippen molar-refractivity contribution in [2.75, 3.05) is 25.0 Å². The van der Waals surface area contributed by atoms with Gasteiger partial charge in [0.1, 0.15) is 0 Å². The first kappa shape index (κ1) is 15.3. The summed E-state index contributed by atoms with van der Waals surface area (Å²) in [6, 6.07) is 5.74. The molecule has 2 rings (SSSR count). The summed E-state index contributed by atoms with van der Waals surface area (Å²) in [4.78, 5) is 13.6. The van der Waals surface area contributed by atoms with Gasteiger partial charge in [0.25, 0.3) is 0 Å². The minimum Gasteiger partial charge on any atom is -0.395 e. The summed E-state index contributed by atoms with van der Waals surface area (Å²) in [6.45, 7) is 6.87. The van der Waals surface area contributed by atoms with Crippen LogP contribution in [0.1, 0.15) is 26.8 Å². The number of fused-ring (bicyclic) bond motifs is 1. The van der Waals surface area contributed by atoms with Gasteiger partial charge in [0.2, 0.25) is 0 Å². The molecule has 0 unspecified atom stereocenters. The minimum absolute atomic E-state index is 0.0402. The van der Waals surface area contributed by atoms with Crippen molar-refractivity contribution in [3.05, 3.63) is 24.4 Å². The topological polar surface area (TPSA) is 70.4 Å². The number of amides is 2. The molecule has 1 aromatic carbocycles. The van der Waals surface area contributed by atoms with Crippen LogP contribution < -0.4 is 5.32 Å². The van der Waals surface area contributed by atoms with Crippen molar-refractivity contribution in [3.63, 3.8) is 0 Å². The first-order chi connectivity index (χ1) is 10.0. The van der Waals surface area contributed by atoms with Crippen molar-refractivity contribution < 1.29 is 9.90 Å². The molecule has 0 spiro atoms. The molecular formula is C15H22N4O2. The highest BCUT2D eigenvalue weighted by atomic mass is 16.3. The molecule has 2 aromatic rings. The Morgan fingerprint density at radius 2 is 2.24 bits per heavy atom. The number of nitrogens with zero attached hydrogens (tertiary/aromatic N) is 3. The lowest BCUT2D eigenvalue weighted by molar-refractivity contribution is 0.192. The smallest absolute Gasteiger partial charge is 0.321 e. The zero-order chi connectivity index (χ0) is 15.4. The van der Waals surface area contributed by atoms with Crippen LogP contribution in [0.25, 0.3) is 10.9 Å². The van der Waals surface area contributed by atoms with E-state index in [-0.39, 0.29) is 12.6 Å². The summed E-state index contributed by atoms with van der Waals surface area (Å²) >= 11 is 0. The Bertz CT molecular complexity index is 621. The number of aliphatic hydroxyl groups excluding tert-OH is 1. The lowest BCUT2D eigenvalue weighted by Crippen LogP contribution is -2.36. The molecule has 0 atom stereocenters. The fourth-order valence-corrected chi connectivity index (χ4v) is 2.11. The minimum atomic E-state index is -0.206. The molecule has 0 aliphatic rings. The molecule has 21 heavy (non-hydrogen) atoms. The molecule has 6 nitrogen and oxygen atoms in total. The molecule has 0 saturated carbocycles. The second-order valence-electron chi connectivity index (χ2n) is 5.21. The maximum atomic E-state index is 12.1. The van der Waals surface area contributed by atoms with E-state index < -0.39 is 0 Å². The molecule has 0 saturated heterocycles. The van der Waals surface area contributed by atoms with Gasteiger partial charge in [0.15, 0.2) is 0 Å². The maximum absolute atomic E-state index is 12.1. The molecule has 2 amide bonds. The number of aliphatic hydroxyl groups is 1. The van der Waals surface area contributed by atoms with Crippen molar-refractivity contribution in [2.45, 2.75) is 26.8 Å². The number of rotatable bonds is 5. The van der Waals surface area contributed by atoms with Gasteiger partial charge in [-0.3, -0.25) is 4.68 Å². The number of aromatic nitrogens is 2. The molecule has 6 heteroatoms. The van der Waals surface area contributed by atoms with Crippen LogP contribution in [0, 0.1) is 0 Å². The second kappa shape index (κ2) is 6.58. The van der Waals surface area contributed by atoms with E-state index in [1.54, 1.807) is 4.90 Å². The fraction of sp³-hybridized carbons (Fsp3) is 0.467. The lowest BCUT2D eigenvalue weighted by atomic mass is 10.2. The Morgan fingerprint density at radius 1 is 1.48 bits per heavy atom. The van der Waals surface area contributed by atoms with Gasteiger partial charge in [-0.25, -0.2) is 4.79 Å². The third-order valence-corrected chi connectivity index (χ3v) is 3.34. The predicted octanol–water partition coefficient (Wildman–Crippen LogP) is 2.46. The van der Waals surface area contributed by atoms with Gasteiger partial charge < -0.3 is 15.3 Å². The summed E-state index contributed by atoms with van der Waals surface area (Å²) in [6.07, 6.45) is 1.97. The fourth-order valence-electron chi connectivity index (χ4n) is 2.11. The molecule has 0 aliphatic heterocycles. The van der Waals surface area contributed by atoms with Gasteiger partial charge >= 0.3 is 6.03 Å². The number of hydrogen-bond donors (Lipinski definition) is 2. The van der Waals surface area contributed by atoms with Crippen LogP contribution in [0.3, 0.4) is 0 Å². The number of hydrogen-bond acceptors (Lipinski definition) is 3.